The Hall–Kier alpha value is -0.0400. The minimum atomic E-state index is 0.950. The van der Waals surface area contributed by atoms with Gasteiger partial charge in [0.15, 0.2) is 0 Å². The summed E-state index contributed by atoms with van der Waals surface area (Å²) < 4.78 is 0. The normalized spacial score (nSPS) is 39.2. The average molecular weight is 206 g/mol. The van der Waals surface area contributed by atoms with E-state index in [1.165, 1.54) is 64.2 Å². The van der Waals surface area contributed by atoms with Gasteiger partial charge in [-0.2, -0.15) is 0 Å². The van der Waals surface area contributed by atoms with E-state index in [9.17, 15) is 0 Å². The molecule has 1 nitrogen and oxygen atoms in total. The Morgan fingerprint density at radius 3 is 1.67 bits per heavy atom. The van der Waals surface area contributed by atoms with Crippen LogP contribution in [0.5, 0.6) is 0 Å². The second kappa shape index (κ2) is 4.45. The Morgan fingerprint density at radius 2 is 1.13 bits per heavy atom. The van der Waals surface area contributed by atoms with Gasteiger partial charge in [-0.05, 0) is 57.8 Å². The van der Waals surface area contributed by atoms with Crippen molar-refractivity contribution in [2.24, 2.45) is 0 Å². The topological polar surface area (TPSA) is 3.24 Å². The fourth-order valence-corrected chi connectivity index (χ4v) is 4.16. The van der Waals surface area contributed by atoms with Crippen LogP contribution in [0.2, 0.25) is 0 Å². The van der Waals surface area contributed by atoms with Crippen LogP contribution in [-0.2, 0) is 0 Å². The molecule has 0 spiro atoms. The first kappa shape index (κ1) is 10.1. The summed E-state index contributed by atoms with van der Waals surface area (Å²) in [6.45, 7) is 0. The quantitative estimate of drug-likeness (QED) is 0.634. The molecule has 3 rings (SSSR count). The van der Waals surface area contributed by atoms with Gasteiger partial charge in [-0.1, -0.05) is 12.8 Å². The van der Waals surface area contributed by atoms with Crippen LogP contribution in [0.1, 0.15) is 64.2 Å². The van der Waals surface area contributed by atoms with Crippen molar-refractivity contribution in [1.82, 2.24) is 4.90 Å². The molecule has 0 atom stereocenters. The van der Waals surface area contributed by atoms with E-state index in [2.05, 4.69) is 11.3 Å². The van der Waals surface area contributed by atoms with Gasteiger partial charge in [0.2, 0.25) is 0 Å². The van der Waals surface area contributed by atoms with Gasteiger partial charge in [-0.3, -0.25) is 4.90 Å². The van der Waals surface area contributed by atoms with Crippen molar-refractivity contribution in [3.05, 3.63) is 6.42 Å². The molecule has 0 aromatic carbocycles. The van der Waals surface area contributed by atoms with Crippen molar-refractivity contribution in [1.29, 1.82) is 0 Å². The van der Waals surface area contributed by atoms with Gasteiger partial charge in [-0.15, -0.1) is 0 Å². The van der Waals surface area contributed by atoms with Crippen molar-refractivity contribution in [3.8, 4) is 0 Å². The lowest BCUT2D eigenvalue weighted by Gasteiger charge is -2.51. The van der Waals surface area contributed by atoms with E-state index in [1.807, 2.05) is 0 Å². The number of hydrogen-bond donors (Lipinski definition) is 0. The first-order valence-electron chi connectivity index (χ1n) is 7.04. The third-order valence-electron chi connectivity index (χ3n) is 4.82. The van der Waals surface area contributed by atoms with Crippen LogP contribution in [0.4, 0.5) is 0 Å². The van der Waals surface area contributed by atoms with Crippen molar-refractivity contribution in [3.63, 3.8) is 0 Å². The van der Waals surface area contributed by atoms with Crippen molar-refractivity contribution in [2.45, 2.75) is 82.3 Å². The second-order valence-corrected chi connectivity index (χ2v) is 5.71. The van der Waals surface area contributed by atoms with E-state index in [-0.39, 0.29) is 0 Å². The highest BCUT2D eigenvalue weighted by Crippen LogP contribution is 2.38. The molecule has 1 heteroatoms. The second-order valence-electron chi connectivity index (χ2n) is 5.71. The highest BCUT2D eigenvalue weighted by Gasteiger charge is 2.37. The Morgan fingerprint density at radius 1 is 0.667 bits per heavy atom. The van der Waals surface area contributed by atoms with Gasteiger partial charge in [0.05, 0.1) is 0 Å². The fourth-order valence-electron chi connectivity index (χ4n) is 4.16. The van der Waals surface area contributed by atoms with Crippen molar-refractivity contribution < 1.29 is 0 Å². The van der Waals surface area contributed by atoms with Gasteiger partial charge >= 0.3 is 0 Å². The zero-order chi connectivity index (χ0) is 10.1. The number of rotatable bonds is 1. The molecular weight excluding hydrogens is 182 g/mol. The molecule has 2 aliphatic heterocycles. The minimum absolute atomic E-state index is 0.950. The van der Waals surface area contributed by atoms with Crippen LogP contribution in [0.25, 0.3) is 0 Å². The van der Waals surface area contributed by atoms with Crippen LogP contribution in [0, 0.1) is 6.42 Å². The third kappa shape index (κ3) is 1.95. The van der Waals surface area contributed by atoms with Gasteiger partial charge in [-0.25, -0.2) is 0 Å². The number of nitrogens with zero attached hydrogens (tertiary/aromatic N) is 1. The molecule has 1 radical (unpaired) electrons. The highest BCUT2D eigenvalue weighted by molar-refractivity contribution is 4.95. The monoisotopic (exact) mass is 206 g/mol. The predicted octanol–water partition coefficient (Wildman–Crippen LogP) is 3.54. The van der Waals surface area contributed by atoms with Gasteiger partial charge in [0, 0.05) is 18.1 Å². The molecule has 0 unspecified atom stereocenters. The van der Waals surface area contributed by atoms with Crippen molar-refractivity contribution >= 4 is 0 Å². The van der Waals surface area contributed by atoms with E-state index >= 15 is 0 Å². The lowest BCUT2D eigenvalue weighted by molar-refractivity contribution is -0.00743. The van der Waals surface area contributed by atoms with Crippen LogP contribution in [-0.4, -0.2) is 23.0 Å². The lowest BCUT2D eigenvalue weighted by Crippen LogP contribution is -2.54. The number of fused-ring (bicyclic) bond motifs is 2. The Bertz CT molecular complexity index is 185. The number of hydrogen-bond acceptors (Lipinski definition) is 1. The maximum atomic E-state index is 2.96. The van der Waals surface area contributed by atoms with Crippen molar-refractivity contribution in [2.75, 3.05) is 0 Å². The summed E-state index contributed by atoms with van der Waals surface area (Å²) in [6, 6.07) is 2.90. The first-order chi connectivity index (χ1) is 7.45. The lowest BCUT2D eigenvalue weighted by atomic mass is 9.80. The Labute approximate surface area is 94.2 Å². The first-order valence-corrected chi connectivity index (χ1v) is 7.04. The largest absolute Gasteiger partial charge is 0.294 e. The molecule has 2 heterocycles. The summed E-state index contributed by atoms with van der Waals surface area (Å²) in [6.07, 6.45) is 17.1. The molecule has 3 fully saturated rings. The molecule has 3 aliphatic rings. The van der Waals surface area contributed by atoms with Crippen LogP contribution >= 0.6 is 0 Å². The van der Waals surface area contributed by atoms with Crippen LogP contribution in [0.15, 0.2) is 0 Å². The van der Waals surface area contributed by atoms with Crippen LogP contribution < -0.4 is 0 Å². The molecule has 0 N–H and O–H groups in total. The molecule has 0 aromatic rings. The van der Waals surface area contributed by atoms with E-state index in [1.54, 1.807) is 0 Å². The molecule has 1 aliphatic carbocycles. The van der Waals surface area contributed by atoms with Gasteiger partial charge in [0.25, 0.3) is 0 Å². The molecule has 2 saturated heterocycles. The third-order valence-corrected chi connectivity index (χ3v) is 4.82. The summed E-state index contributed by atoms with van der Waals surface area (Å²) in [4.78, 5) is 2.96. The predicted molar refractivity (Wildman–Crippen MR) is 63.7 cm³/mol. The minimum Gasteiger partial charge on any atom is -0.294 e. The molecule has 15 heavy (non-hydrogen) atoms. The smallest absolute Gasteiger partial charge is 0.0101 e. The maximum absolute atomic E-state index is 2.96. The highest BCUT2D eigenvalue weighted by atomic mass is 15.2. The van der Waals surface area contributed by atoms with E-state index in [4.69, 9.17) is 0 Å². The Kier molecular flexibility index (Phi) is 3.01. The average Bonchev–Trinajstić information content (AvgIpc) is 2.29. The zero-order valence-electron chi connectivity index (χ0n) is 9.83. The van der Waals surface area contributed by atoms with Gasteiger partial charge < -0.3 is 0 Å². The SMILES string of the molecule is [CH]1CCC(N2C3CCCC2CCC3)CC1. The van der Waals surface area contributed by atoms with E-state index in [0.717, 1.165) is 18.1 Å². The molecule has 85 valence electrons. The fraction of sp³-hybridized carbons (Fsp3) is 0.929. The molecule has 1 saturated carbocycles. The van der Waals surface area contributed by atoms with Crippen LogP contribution in [0.3, 0.4) is 0 Å². The maximum Gasteiger partial charge on any atom is 0.0101 e. The van der Waals surface area contributed by atoms with E-state index < -0.39 is 0 Å². The van der Waals surface area contributed by atoms with Gasteiger partial charge in [0.1, 0.15) is 0 Å². The summed E-state index contributed by atoms with van der Waals surface area (Å²) in [7, 11) is 0. The summed E-state index contributed by atoms with van der Waals surface area (Å²) in [5.41, 5.74) is 0. The molecule has 2 bridgehead atoms. The molecular formula is C14H24N. The molecule has 0 aromatic heterocycles. The summed E-state index contributed by atoms with van der Waals surface area (Å²) in [5.74, 6) is 0. The Balaban J connectivity index is 1.71. The number of piperidine rings is 2. The standard InChI is InChI=1S/C14H24N/c1-2-6-12(7-3-1)15-13-8-4-9-14(15)11-5-10-13/h1,12-14H,2-11H2. The summed E-state index contributed by atoms with van der Waals surface area (Å²) in [5, 5.41) is 0. The van der Waals surface area contributed by atoms with E-state index in [0.29, 0.717) is 0 Å². The zero-order valence-corrected chi connectivity index (χ0v) is 9.83. The molecule has 0 amide bonds. The summed E-state index contributed by atoms with van der Waals surface area (Å²) >= 11 is 0.